The van der Waals surface area contributed by atoms with E-state index < -0.39 is 21.3 Å². The Balaban J connectivity index is 2.35. The molecule has 0 N–H and O–H groups in total. The number of benzene rings is 1. The van der Waals surface area contributed by atoms with Crippen LogP contribution in [0.2, 0.25) is 0 Å². The SMILES string of the molecule is Cc1cc(C)c(S(=O)(=O)n2cc3c(=O)n(C)c(=O)n(C)c3n2)cc1C. The maximum absolute atomic E-state index is 13.0. The van der Waals surface area contributed by atoms with Gasteiger partial charge < -0.3 is 0 Å². The van der Waals surface area contributed by atoms with Crippen molar-refractivity contribution in [2.45, 2.75) is 25.7 Å². The van der Waals surface area contributed by atoms with Gasteiger partial charge in [-0.05, 0) is 43.5 Å². The van der Waals surface area contributed by atoms with E-state index in [-0.39, 0.29) is 15.9 Å². The molecule has 9 heteroatoms. The van der Waals surface area contributed by atoms with Crippen LogP contribution in [0.25, 0.3) is 11.0 Å². The van der Waals surface area contributed by atoms with Gasteiger partial charge >= 0.3 is 5.69 Å². The summed E-state index contributed by atoms with van der Waals surface area (Å²) in [6.07, 6.45) is 1.15. The molecule has 0 amide bonds. The summed E-state index contributed by atoms with van der Waals surface area (Å²) in [5.74, 6) is 0. The molecule has 0 saturated carbocycles. The molecule has 0 atom stereocenters. The largest absolute Gasteiger partial charge is 0.332 e. The summed E-state index contributed by atoms with van der Waals surface area (Å²) in [4.78, 5) is 24.4. The third-order valence-corrected chi connectivity index (χ3v) is 6.09. The van der Waals surface area contributed by atoms with Crippen molar-refractivity contribution in [1.29, 1.82) is 0 Å². The topological polar surface area (TPSA) is 96.0 Å². The van der Waals surface area contributed by atoms with Crippen LogP contribution in [-0.4, -0.2) is 26.7 Å². The highest BCUT2D eigenvalue weighted by molar-refractivity contribution is 7.89. The Morgan fingerprint density at radius 2 is 1.52 bits per heavy atom. The van der Waals surface area contributed by atoms with E-state index in [2.05, 4.69) is 5.10 Å². The molecule has 132 valence electrons. The first-order valence-corrected chi connectivity index (χ1v) is 8.98. The minimum absolute atomic E-state index is 0.0261. The molecule has 0 spiro atoms. The van der Waals surface area contributed by atoms with Crippen LogP contribution in [0, 0.1) is 20.8 Å². The molecule has 0 bridgehead atoms. The molecule has 1 aromatic carbocycles. The van der Waals surface area contributed by atoms with Gasteiger partial charge in [-0.25, -0.2) is 4.79 Å². The maximum atomic E-state index is 13.0. The first-order valence-electron chi connectivity index (χ1n) is 7.54. The van der Waals surface area contributed by atoms with Crippen molar-refractivity contribution < 1.29 is 8.42 Å². The van der Waals surface area contributed by atoms with E-state index in [1.165, 1.54) is 14.1 Å². The predicted molar refractivity (Wildman–Crippen MR) is 93.5 cm³/mol. The summed E-state index contributed by atoms with van der Waals surface area (Å²) in [7, 11) is -1.21. The predicted octanol–water partition coefficient (Wildman–Crippen LogP) is 0.596. The molecule has 0 radical (unpaired) electrons. The number of aryl methyl sites for hydroxylation is 4. The first-order chi connectivity index (χ1) is 11.6. The van der Waals surface area contributed by atoms with Gasteiger partial charge in [-0.1, -0.05) is 6.07 Å². The van der Waals surface area contributed by atoms with Gasteiger partial charge in [0, 0.05) is 14.1 Å². The lowest BCUT2D eigenvalue weighted by Gasteiger charge is -2.10. The zero-order chi connectivity index (χ0) is 18.7. The molecule has 2 aromatic heterocycles. The second-order valence-electron chi connectivity index (χ2n) is 6.15. The summed E-state index contributed by atoms with van der Waals surface area (Å²) >= 11 is 0. The fourth-order valence-corrected chi connectivity index (χ4v) is 4.18. The van der Waals surface area contributed by atoms with Gasteiger partial charge in [0.25, 0.3) is 15.6 Å². The second kappa shape index (κ2) is 5.41. The van der Waals surface area contributed by atoms with Crippen molar-refractivity contribution in [3.05, 3.63) is 55.9 Å². The third-order valence-electron chi connectivity index (χ3n) is 4.42. The van der Waals surface area contributed by atoms with Crippen LogP contribution in [0.15, 0.2) is 32.8 Å². The van der Waals surface area contributed by atoms with Crippen molar-refractivity contribution in [2.24, 2.45) is 14.1 Å². The van der Waals surface area contributed by atoms with E-state index in [4.69, 9.17) is 0 Å². The van der Waals surface area contributed by atoms with Crippen LogP contribution < -0.4 is 11.2 Å². The summed E-state index contributed by atoms with van der Waals surface area (Å²) in [6.45, 7) is 5.44. The van der Waals surface area contributed by atoms with Gasteiger partial charge in [0.15, 0.2) is 5.65 Å². The maximum Gasteiger partial charge on any atom is 0.332 e. The van der Waals surface area contributed by atoms with Crippen molar-refractivity contribution in [3.63, 3.8) is 0 Å². The van der Waals surface area contributed by atoms with Crippen molar-refractivity contribution >= 4 is 21.1 Å². The lowest BCUT2D eigenvalue weighted by Crippen LogP contribution is -2.36. The lowest BCUT2D eigenvalue weighted by atomic mass is 10.1. The van der Waals surface area contributed by atoms with Crippen LogP contribution in [-0.2, 0) is 24.1 Å². The minimum Gasteiger partial charge on any atom is -0.279 e. The normalized spacial score (nSPS) is 12.0. The van der Waals surface area contributed by atoms with Crippen LogP contribution in [0.3, 0.4) is 0 Å². The number of aromatic nitrogens is 4. The Morgan fingerprint density at radius 1 is 0.920 bits per heavy atom. The van der Waals surface area contributed by atoms with Gasteiger partial charge in [-0.2, -0.15) is 12.5 Å². The van der Waals surface area contributed by atoms with E-state index in [0.717, 1.165) is 30.5 Å². The van der Waals surface area contributed by atoms with E-state index in [1.54, 1.807) is 19.1 Å². The van der Waals surface area contributed by atoms with Crippen LogP contribution in [0.5, 0.6) is 0 Å². The smallest absolute Gasteiger partial charge is 0.279 e. The molecule has 0 aliphatic carbocycles. The molecule has 0 fully saturated rings. The Morgan fingerprint density at radius 3 is 2.16 bits per heavy atom. The van der Waals surface area contributed by atoms with Crippen molar-refractivity contribution in [2.75, 3.05) is 0 Å². The molecule has 0 aliphatic heterocycles. The second-order valence-corrected chi connectivity index (χ2v) is 7.92. The summed E-state index contributed by atoms with van der Waals surface area (Å²) in [5.41, 5.74) is 1.28. The quantitative estimate of drug-likeness (QED) is 0.665. The van der Waals surface area contributed by atoms with Gasteiger partial charge in [-0.3, -0.25) is 13.9 Å². The number of hydrogen-bond acceptors (Lipinski definition) is 5. The molecular weight excluding hydrogens is 344 g/mol. The highest BCUT2D eigenvalue weighted by Gasteiger charge is 2.24. The fraction of sp³-hybridized carbons (Fsp3) is 0.312. The molecule has 3 aromatic rings. The Bertz CT molecular complexity index is 1250. The fourth-order valence-electron chi connectivity index (χ4n) is 2.76. The lowest BCUT2D eigenvalue weighted by molar-refractivity contribution is 0.579. The average molecular weight is 362 g/mol. The molecule has 25 heavy (non-hydrogen) atoms. The number of rotatable bonds is 2. The average Bonchev–Trinajstić information content (AvgIpc) is 3.00. The standard InChI is InChI=1S/C16H18N4O4S/c1-9-6-11(3)13(7-10(9)2)25(23,24)20-8-12-14(17-20)18(4)16(22)19(5)15(12)21/h6-8H,1-5H3. The van der Waals surface area contributed by atoms with Gasteiger partial charge in [0.05, 0.1) is 11.1 Å². The summed E-state index contributed by atoms with van der Waals surface area (Å²) in [5, 5.41) is 4.06. The van der Waals surface area contributed by atoms with E-state index in [9.17, 15) is 18.0 Å². The van der Waals surface area contributed by atoms with Crippen molar-refractivity contribution in [1.82, 2.24) is 18.3 Å². The summed E-state index contributed by atoms with van der Waals surface area (Å²) < 4.78 is 28.8. The molecule has 2 heterocycles. The van der Waals surface area contributed by atoms with Gasteiger partial charge in [-0.15, -0.1) is 5.10 Å². The Hall–Kier alpha value is -2.68. The van der Waals surface area contributed by atoms with E-state index in [0.29, 0.717) is 5.56 Å². The molecular formula is C16H18N4O4S. The molecule has 8 nitrogen and oxygen atoms in total. The molecule has 0 aliphatic rings. The third kappa shape index (κ3) is 2.42. The number of fused-ring (bicyclic) bond motifs is 1. The molecule has 0 unspecified atom stereocenters. The Kier molecular flexibility index (Phi) is 3.72. The monoisotopic (exact) mass is 362 g/mol. The highest BCUT2D eigenvalue weighted by Crippen LogP contribution is 2.22. The summed E-state index contributed by atoms with van der Waals surface area (Å²) in [6, 6.07) is 3.38. The number of hydrogen-bond donors (Lipinski definition) is 0. The van der Waals surface area contributed by atoms with Crippen molar-refractivity contribution in [3.8, 4) is 0 Å². The highest BCUT2D eigenvalue weighted by atomic mass is 32.2. The van der Waals surface area contributed by atoms with E-state index >= 15 is 0 Å². The van der Waals surface area contributed by atoms with E-state index in [1.807, 2.05) is 13.8 Å². The zero-order valence-corrected chi connectivity index (χ0v) is 15.4. The van der Waals surface area contributed by atoms with Gasteiger partial charge in [0.2, 0.25) is 0 Å². The number of nitrogens with zero attached hydrogens (tertiary/aromatic N) is 4. The Labute approximate surface area is 144 Å². The van der Waals surface area contributed by atoms with Crippen LogP contribution in [0.1, 0.15) is 16.7 Å². The zero-order valence-electron chi connectivity index (χ0n) is 14.6. The molecule has 3 rings (SSSR count). The minimum atomic E-state index is -3.99. The first kappa shape index (κ1) is 17.2. The van der Waals surface area contributed by atoms with Crippen LogP contribution in [0.4, 0.5) is 0 Å². The van der Waals surface area contributed by atoms with Gasteiger partial charge in [0.1, 0.15) is 5.39 Å². The van der Waals surface area contributed by atoms with Crippen LogP contribution >= 0.6 is 0 Å². The molecule has 0 saturated heterocycles.